The number of para-hydroxylation sites is 1. The van der Waals surface area contributed by atoms with Crippen LogP contribution in [0.4, 0.5) is 0 Å². The number of amides is 1. The van der Waals surface area contributed by atoms with Crippen molar-refractivity contribution in [2.24, 2.45) is 0 Å². The number of carbonyl (C=O) groups is 1. The minimum Gasteiger partial charge on any atom is -0.483 e. The fourth-order valence-electron chi connectivity index (χ4n) is 3.37. The molecular formula is C18H21N3O5. The second kappa shape index (κ2) is 6.60. The lowest BCUT2D eigenvalue weighted by Crippen LogP contribution is -2.45. The standard InChI is InChI=1S/C18H21N3O5/c1-18(2)8-12-4-3-5-14(16(12)26-18)24-10-15(22)21-6-7-23-9-13(21)17-19-11-25-20-17/h3-5,11,13H,6-10H2,1-2H3/t13-/m0/s1. The van der Waals surface area contributed by atoms with Crippen molar-refractivity contribution < 1.29 is 23.5 Å². The molecule has 0 aliphatic carbocycles. The van der Waals surface area contributed by atoms with Gasteiger partial charge < -0.3 is 23.6 Å². The Morgan fingerprint density at radius 1 is 1.42 bits per heavy atom. The molecule has 2 aliphatic rings. The zero-order valence-corrected chi connectivity index (χ0v) is 14.8. The van der Waals surface area contributed by atoms with E-state index in [-0.39, 0.29) is 24.2 Å². The Hall–Kier alpha value is -2.61. The Morgan fingerprint density at radius 2 is 2.31 bits per heavy atom. The zero-order chi connectivity index (χ0) is 18.1. The second-order valence-electron chi connectivity index (χ2n) is 7.04. The molecule has 0 saturated carbocycles. The molecule has 0 unspecified atom stereocenters. The first-order valence-electron chi connectivity index (χ1n) is 8.61. The number of aromatic nitrogens is 2. The average Bonchev–Trinajstić information content (AvgIpc) is 3.26. The molecule has 1 aromatic carbocycles. The van der Waals surface area contributed by atoms with E-state index in [9.17, 15) is 4.79 Å². The van der Waals surface area contributed by atoms with Crippen molar-refractivity contribution in [1.82, 2.24) is 15.0 Å². The molecule has 1 atom stereocenters. The predicted molar refractivity (Wildman–Crippen MR) is 89.9 cm³/mol. The summed E-state index contributed by atoms with van der Waals surface area (Å²) in [7, 11) is 0. The molecule has 0 N–H and O–H groups in total. The molecule has 0 bridgehead atoms. The molecule has 8 heteroatoms. The molecule has 2 aliphatic heterocycles. The highest BCUT2D eigenvalue weighted by Crippen LogP contribution is 2.41. The lowest BCUT2D eigenvalue weighted by atomic mass is 10.0. The maximum absolute atomic E-state index is 12.7. The van der Waals surface area contributed by atoms with Gasteiger partial charge in [0.25, 0.3) is 5.91 Å². The summed E-state index contributed by atoms with van der Waals surface area (Å²) in [6.07, 6.45) is 2.06. The number of benzene rings is 1. The van der Waals surface area contributed by atoms with Crippen LogP contribution in [-0.4, -0.2) is 52.9 Å². The van der Waals surface area contributed by atoms with E-state index in [1.807, 2.05) is 32.0 Å². The third-order valence-electron chi connectivity index (χ3n) is 4.53. The van der Waals surface area contributed by atoms with Gasteiger partial charge in [0, 0.05) is 18.5 Å². The first-order valence-corrected chi connectivity index (χ1v) is 8.61. The van der Waals surface area contributed by atoms with Gasteiger partial charge in [-0.25, -0.2) is 0 Å². The monoisotopic (exact) mass is 359 g/mol. The minimum atomic E-state index is -0.365. The van der Waals surface area contributed by atoms with Crippen molar-refractivity contribution in [1.29, 1.82) is 0 Å². The van der Waals surface area contributed by atoms with Crippen LogP contribution in [0.5, 0.6) is 11.5 Å². The Bertz CT molecular complexity index is 790. The summed E-state index contributed by atoms with van der Waals surface area (Å²) >= 11 is 0. The van der Waals surface area contributed by atoms with Crippen molar-refractivity contribution in [3.8, 4) is 11.5 Å². The van der Waals surface area contributed by atoms with Crippen LogP contribution in [-0.2, 0) is 16.0 Å². The first-order chi connectivity index (χ1) is 12.5. The lowest BCUT2D eigenvalue weighted by Gasteiger charge is -2.33. The summed E-state index contributed by atoms with van der Waals surface area (Å²) in [5.74, 6) is 1.59. The Labute approximate surface area is 151 Å². The van der Waals surface area contributed by atoms with Gasteiger partial charge in [0.05, 0.1) is 13.2 Å². The quantitative estimate of drug-likeness (QED) is 0.822. The Morgan fingerprint density at radius 3 is 3.12 bits per heavy atom. The SMILES string of the molecule is CC1(C)Cc2cccc(OCC(=O)N3CCOC[C@H]3c3ncon3)c2O1. The van der Waals surface area contributed by atoms with Crippen LogP contribution in [0, 0.1) is 0 Å². The number of carbonyl (C=O) groups excluding carboxylic acids is 1. The van der Waals surface area contributed by atoms with Gasteiger partial charge in [-0.3, -0.25) is 4.79 Å². The number of hydrogen-bond acceptors (Lipinski definition) is 7. The molecule has 1 aromatic heterocycles. The summed E-state index contributed by atoms with van der Waals surface area (Å²) in [5.41, 5.74) is 0.829. The van der Waals surface area contributed by atoms with E-state index < -0.39 is 0 Å². The Balaban J connectivity index is 1.45. The van der Waals surface area contributed by atoms with Gasteiger partial charge in [-0.05, 0) is 19.9 Å². The second-order valence-corrected chi connectivity index (χ2v) is 7.04. The molecule has 26 heavy (non-hydrogen) atoms. The van der Waals surface area contributed by atoms with Gasteiger partial charge in [0.1, 0.15) is 11.6 Å². The van der Waals surface area contributed by atoms with Crippen molar-refractivity contribution in [3.63, 3.8) is 0 Å². The highest BCUT2D eigenvalue weighted by Gasteiger charge is 2.34. The largest absolute Gasteiger partial charge is 0.483 e. The van der Waals surface area contributed by atoms with E-state index in [0.717, 1.165) is 17.7 Å². The fraction of sp³-hybridized carbons (Fsp3) is 0.500. The van der Waals surface area contributed by atoms with Crippen molar-refractivity contribution in [2.45, 2.75) is 31.9 Å². The maximum atomic E-state index is 12.7. The molecule has 0 radical (unpaired) electrons. The molecule has 8 nitrogen and oxygen atoms in total. The van der Waals surface area contributed by atoms with Crippen molar-refractivity contribution in [3.05, 3.63) is 36.0 Å². The van der Waals surface area contributed by atoms with E-state index in [0.29, 0.717) is 31.3 Å². The van der Waals surface area contributed by atoms with Crippen LogP contribution in [0.15, 0.2) is 29.1 Å². The van der Waals surface area contributed by atoms with Gasteiger partial charge >= 0.3 is 0 Å². The number of rotatable bonds is 4. The summed E-state index contributed by atoms with van der Waals surface area (Å²) < 4.78 is 22.0. The summed E-state index contributed by atoms with van der Waals surface area (Å²) in [4.78, 5) is 18.4. The normalized spacial score (nSPS) is 21.2. The van der Waals surface area contributed by atoms with Crippen LogP contribution < -0.4 is 9.47 Å². The van der Waals surface area contributed by atoms with E-state index >= 15 is 0 Å². The van der Waals surface area contributed by atoms with Gasteiger partial charge in [-0.15, -0.1) is 0 Å². The van der Waals surface area contributed by atoms with E-state index in [4.69, 9.17) is 18.7 Å². The highest BCUT2D eigenvalue weighted by atomic mass is 16.5. The smallest absolute Gasteiger partial charge is 0.261 e. The number of hydrogen-bond donors (Lipinski definition) is 0. The Kier molecular flexibility index (Phi) is 4.28. The molecule has 1 saturated heterocycles. The summed E-state index contributed by atoms with van der Waals surface area (Å²) in [6, 6.07) is 5.40. The first kappa shape index (κ1) is 16.8. The molecule has 1 fully saturated rings. The minimum absolute atomic E-state index is 0.0887. The van der Waals surface area contributed by atoms with E-state index in [2.05, 4.69) is 10.1 Å². The summed E-state index contributed by atoms with van der Waals surface area (Å²) in [6.45, 7) is 5.24. The molecule has 0 spiro atoms. The predicted octanol–water partition coefficient (Wildman–Crippen LogP) is 1.76. The number of nitrogens with zero attached hydrogens (tertiary/aromatic N) is 3. The van der Waals surface area contributed by atoms with Gasteiger partial charge in [-0.2, -0.15) is 4.98 Å². The third-order valence-corrected chi connectivity index (χ3v) is 4.53. The molecule has 3 heterocycles. The van der Waals surface area contributed by atoms with Crippen LogP contribution in [0.25, 0.3) is 0 Å². The molecule has 4 rings (SSSR count). The van der Waals surface area contributed by atoms with Crippen LogP contribution in [0.2, 0.25) is 0 Å². The maximum Gasteiger partial charge on any atom is 0.261 e. The number of fused-ring (bicyclic) bond motifs is 1. The lowest BCUT2D eigenvalue weighted by molar-refractivity contribution is -0.142. The highest BCUT2D eigenvalue weighted by molar-refractivity contribution is 5.78. The molecule has 138 valence electrons. The zero-order valence-electron chi connectivity index (χ0n) is 14.8. The van der Waals surface area contributed by atoms with Crippen LogP contribution >= 0.6 is 0 Å². The number of ether oxygens (including phenoxy) is 3. The molecule has 2 aromatic rings. The van der Waals surface area contributed by atoms with E-state index in [1.165, 1.54) is 6.39 Å². The van der Waals surface area contributed by atoms with E-state index in [1.54, 1.807) is 4.90 Å². The van der Waals surface area contributed by atoms with Crippen LogP contribution in [0.1, 0.15) is 31.3 Å². The van der Waals surface area contributed by atoms with Gasteiger partial charge in [0.2, 0.25) is 6.39 Å². The average molecular weight is 359 g/mol. The van der Waals surface area contributed by atoms with Crippen molar-refractivity contribution in [2.75, 3.05) is 26.4 Å². The number of morpholine rings is 1. The van der Waals surface area contributed by atoms with Gasteiger partial charge in [0.15, 0.2) is 23.9 Å². The van der Waals surface area contributed by atoms with Gasteiger partial charge in [-0.1, -0.05) is 17.3 Å². The molecule has 1 amide bonds. The van der Waals surface area contributed by atoms with Crippen molar-refractivity contribution >= 4 is 5.91 Å². The topological polar surface area (TPSA) is 86.9 Å². The molecular weight excluding hydrogens is 338 g/mol. The third kappa shape index (κ3) is 3.24. The fourth-order valence-corrected chi connectivity index (χ4v) is 3.37. The summed E-state index contributed by atoms with van der Waals surface area (Å²) in [5, 5.41) is 3.83. The van der Waals surface area contributed by atoms with Crippen LogP contribution in [0.3, 0.4) is 0 Å².